The van der Waals surface area contributed by atoms with Crippen LogP contribution in [-0.2, 0) is 0 Å². The molecule has 1 heterocycles. The molecule has 4 heteroatoms. The molecule has 1 aromatic heterocycles. The second kappa shape index (κ2) is 5.07. The highest BCUT2D eigenvalue weighted by Crippen LogP contribution is 2.31. The minimum atomic E-state index is 0.552. The van der Waals surface area contributed by atoms with Gasteiger partial charge in [0.05, 0.1) is 0 Å². The van der Waals surface area contributed by atoms with E-state index in [1.807, 2.05) is 57.4 Å². The third-order valence-corrected chi connectivity index (χ3v) is 2.91. The SMILES string of the molecule is CN(C)c1ccc(-c2cc(C#N)c(N(C)C)o2)cc1. The van der Waals surface area contributed by atoms with Gasteiger partial charge in [-0.15, -0.1) is 0 Å². The summed E-state index contributed by atoms with van der Waals surface area (Å²) in [5.74, 6) is 1.31. The van der Waals surface area contributed by atoms with Gasteiger partial charge in [-0.3, -0.25) is 0 Å². The molecule has 0 amide bonds. The lowest BCUT2D eigenvalue weighted by Crippen LogP contribution is -2.08. The van der Waals surface area contributed by atoms with Crippen LogP contribution in [0.3, 0.4) is 0 Å². The molecule has 0 aliphatic carbocycles. The minimum Gasteiger partial charge on any atom is -0.439 e. The number of furan rings is 1. The van der Waals surface area contributed by atoms with Gasteiger partial charge in [-0.1, -0.05) is 0 Å². The van der Waals surface area contributed by atoms with Crippen molar-refractivity contribution in [1.29, 1.82) is 5.26 Å². The van der Waals surface area contributed by atoms with Crippen LogP contribution in [0.15, 0.2) is 34.7 Å². The second-order valence-electron chi connectivity index (χ2n) is 4.78. The molecule has 0 unspecified atom stereocenters. The van der Waals surface area contributed by atoms with Crippen LogP contribution in [0, 0.1) is 11.3 Å². The predicted molar refractivity (Wildman–Crippen MR) is 77.5 cm³/mol. The summed E-state index contributed by atoms with van der Waals surface area (Å²) in [5, 5.41) is 9.10. The summed E-state index contributed by atoms with van der Waals surface area (Å²) in [4.78, 5) is 3.84. The zero-order valence-electron chi connectivity index (χ0n) is 11.6. The topological polar surface area (TPSA) is 43.4 Å². The molecule has 0 bridgehead atoms. The molecular formula is C15H17N3O. The van der Waals surface area contributed by atoms with Gasteiger partial charge in [0, 0.05) is 45.5 Å². The first-order valence-corrected chi connectivity index (χ1v) is 6.02. The number of nitrogens with zero attached hydrogens (tertiary/aromatic N) is 3. The Bertz CT molecular complexity index is 603. The van der Waals surface area contributed by atoms with E-state index in [1.165, 1.54) is 0 Å². The van der Waals surface area contributed by atoms with Crippen molar-refractivity contribution < 1.29 is 4.42 Å². The van der Waals surface area contributed by atoms with Crippen molar-refractivity contribution in [2.45, 2.75) is 0 Å². The van der Waals surface area contributed by atoms with E-state index in [2.05, 4.69) is 6.07 Å². The van der Waals surface area contributed by atoms with Crippen molar-refractivity contribution in [2.24, 2.45) is 0 Å². The Morgan fingerprint density at radius 2 is 1.63 bits per heavy atom. The van der Waals surface area contributed by atoms with Gasteiger partial charge in [-0.2, -0.15) is 5.26 Å². The Morgan fingerprint density at radius 3 is 2.05 bits per heavy atom. The third kappa shape index (κ3) is 2.55. The third-order valence-electron chi connectivity index (χ3n) is 2.91. The lowest BCUT2D eigenvalue weighted by molar-refractivity contribution is 0.578. The molecule has 4 nitrogen and oxygen atoms in total. The number of nitriles is 1. The smallest absolute Gasteiger partial charge is 0.213 e. The molecule has 0 saturated carbocycles. The zero-order chi connectivity index (χ0) is 14.0. The van der Waals surface area contributed by atoms with Gasteiger partial charge >= 0.3 is 0 Å². The molecule has 0 N–H and O–H groups in total. The van der Waals surface area contributed by atoms with E-state index in [0.29, 0.717) is 17.2 Å². The molecule has 2 rings (SSSR count). The fourth-order valence-electron chi connectivity index (χ4n) is 1.86. The normalized spacial score (nSPS) is 10.1. The van der Waals surface area contributed by atoms with Gasteiger partial charge in [0.1, 0.15) is 17.4 Å². The van der Waals surface area contributed by atoms with E-state index in [4.69, 9.17) is 9.68 Å². The van der Waals surface area contributed by atoms with E-state index in [9.17, 15) is 0 Å². The van der Waals surface area contributed by atoms with E-state index in [0.717, 1.165) is 11.3 Å². The number of benzene rings is 1. The molecule has 0 aliphatic rings. The fourth-order valence-corrected chi connectivity index (χ4v) is 1.86. The van der Waals surface area contributed by atoms with E-state index >= 15 is 0 Å². The maximum Gasteiger partial charge on any atom is 0.213 e. The molecule has 19 heavy (non-hydrogen) atoms. The highest BCUT2D eigenvalue weighted by Gasteiger charge is 2.13. The summed E-state index contributed by atoms with van der Waals surface area (Å²) in [5.41, 5.74) is 2.65. The van der Waals surface area contributed by atoms with Crippen LogP contribution in [0.5, 0.6) is 0 Å². The summed E-state index contributed by atoms with van der Waals surface area (Å²) in [6, 6.07) is 12.0. The van der Waals surface area contributed by atoms with Gasteiger partial charge in [-0.25, -0.2) is 0 Å². The molecule has 0 fully saturated rings. The van der Waals surface area contributed by atoms with Crippen LogP contribution in [-0.4, -0.2) is 28.2 Å². The molecule has 0 atom stereocenters. The minimum absolute atomic E-state index is 0.552. The van der Waals surface area contributed by atoms with E-state index < -0.39 is 0 Å². The molecule has 0 radical (unpaired) electrons. The zero-order valence-corrected chi connectivity index (χ0v) is 11.6. The molecule has 1 aromatic carbocycles. The van der Waals surface area contributed by atoms with Gasteiger partial charge < -0.3 is 14.2 Å². The number of anilines is 2. The maximum atomic E-state index is 9.10. The average molecular weight is 255 g/mol. The first-order chi connectivity index (χ1) is 9.02. The van der Waals surface area contributed by atoms with Crippen molar-refractivity contribution in [2.75, 3.05) is 38.0 Å². The summed E-state index contributed by atoms with van der Waals surface area (Å²) in [7, 11) is 7.72. The van der Waals surface area contributed by atoms with Crippen molar-refractivity contribution in [3.63, 3.8) is 0 Å². The van der Waals surface area contributed by atoms with Gasteiger partial charge in [0.25, 0.3) is 0 Å². The Labute approximate surface area is 113 Å². The predicted octanol–water partition coefficient (Wildman–Crippen LogP) is 2.95. The van der Waals surface area contributed by atoms with Crippen LogP contribution in [0.25, 0.3) is 11.3 Å². The molecule has 0 spiro atoms. The molecule has 2 aromatic rings. The Morgan fingerprint density at radius 1 is 1.00 bits per heavy atom. The maximum absolute atomic E-state index is 9.10. The Kier molecular flexibility index (Phi) is 3.48. The fraction of sp³-hybridized carbons (Fsp3) is 0.267. The van der Waals surface area contributed by atoms with Gasteiger partial charge in [0.15, 0.2) is 0 Å². The Balaban J connectivity index is 2.40. The van der Waals surface area contributed by atoms with Crippen LogP contribution in [0.1, 0.15) is 5.56 Å². The standard InChI is InChI=1S/C15H17N3O/c1-17(2)13-7-5-11(6-8-13)14-9-12(10-16)15(19-14)18(3)4/h5-9H,1-4H3. The van der Waals surface area contributed by atoms with Crippen LogP contribution in [0.4, 0.5) is 11.6 Å². The number of hydrogen-bond acceptors (Lipinski definition) is 4. The Hall–Kier alpha value is -2.41. The molecule has 0 saturated heterocycles. The van der Waals surface area contributed by atoms with Crippen molar-refractivity contribution in [3.05, 3.63) is 35.9 Å². The quantitative estimate of drug-likeness (QED) is 0.845. The summed E-state index contributed by atoms with van der Waals surface area (Å²) < 4.78 is 5.74. The summed E-state index contributed by atoms with van der Waals surface area (Å²) >= 11 is 0. The molecular weight excluding hydrogens is 238 g/mol. The lowest BCUT2D eigenvalue weighted by Gasteiger charge is -2.12. The summed E-state index contributed by atoms with van der Waals surface area (Å²) in [6.07, 6.45) is 0. The summed E-state index contributed by atoms with van der Waals surface area (Å²) in [6.45, 7) is 0. The second-order valence-corrected chi connectivity index (χ2v) is 4.78. The lowest BCUT2D eigenvalue weighted by atomic mass is 10.1. The van der Waals surface area contributed by atoms with Crippen molar-refractivity contribution in [1.82, 2.24) is 0 Å². The first-order valence-electron chi connectivity index (χ1n) is 6.02. The molecule has 0 aliphatic heterocycles. The highest BCUT2D eigenvalue weighted by atomic mass is 16.4. The monoisotopic (exact) mass is 255 g/mol. The van der Waals surface area contributed by atoms with Crippen LogP contribution < -0.4 is 9.80 Å². The van der Waals surface area contributed by atoms with Crippen LogP contribution >= 0.6 is 0 Å². The number of hydrogen-bond donors (Lipinski definition) is 0. The van der Waals surface area contributed by atoms with Crippen LogP contribution in [0.2, 0.25) is 0 Å². The number of rotatable bonds is 3. The van der Waals surface area contributed by atoms with Gasteiger partial charge in [-0.05, 0) is 24.3 Å². The average Bonchev–Trinajstić information content (AvgIpc) is 2.83. The largest absolute Gasteiger partial charge is 0.439 e. The van der Waals surface area contributed by atoms with E-state index in [-0.39, 0.29) is 0 Å². The highest BCUT2D eigenvalue weighted by molar-refractivity contribution is 5.67. The van der Waals surface area contributed by atoms with Gasteiger partial charge in [0.2, 0.25) is 5.88 Å². The van der Waals surface area contributed by atoms with E-state index in [1.54, 1.807) is 11.0 Å². The first kappa shape index (κ1) is 13.0. The van der Waals surface area contributed by atoms with Crippen molar-refractivity contribution >= 4 is 11.6 Å². The molecule has 98 valence electrons. The van der Waals surface area contributed by atoms with Crippen molar-refractivity contribution in [3.8, 4) is 17.4 Å².